The molecule has 1 fully saturated rings. The van der Waals surface area contributed by atoms with Crippen molar-refractivity contribution < 1.29 is 13.2 Å². The van der Waals surface area contributed by atoms with Crippen molar-refractivity contribution in [2.45, 2.75) is 37.7 Å². The molecule has 2 heterocycles. The maximum absolute atomic E-state index is 12.2. The summed E-state index contributed by atoms with van der Waals surface area (Å²) in [6, 6.07) is 0. The minimum atomic E-state index is -3.57. The Morgan fingerprint density at radius 2 is 2.10 bits per heavy atom. The van der Waals surface area contributed by atoms with E-state index in [1.807, 2.05) is 13.8 Å². The molecule has 0 aliphatic carbocycles. The van der Waals surface area contributed by atoms with E-state index in [2.05, 4.69) is 20.0 Å². The first kappa shape index (κ1) is 16.1. The standard InChI is InChI=1S/C13H22N4O3S/c1-3-5-14-13-15-8-12(9-16-13)21(18,19)17-7-11-4-6-20-10(11)2/h8-11,17H,3-7H2,1-2H3,(H,14,15,16). The summed E-state index contributed by atoms with van der Waals surface area (Å²) in [6.45, 7) is 5.81. The van der Waals surface area contributed by atoms with E-state index in [9.17, 15) is 8.42 Å². The number of ether oxygens (including phenoxy) is 1. The Labute approximate surface area is 125 Å². The minimum Gasteiger partial charge on any atom is -0.378 e. The zero-order valence-corrected chi connectivity index (χ0v) is 13.2. The molecule has 1 saturated heterocycles. The number of hydrogen-bond donors (Lipinski definition) is 2. The summed E-state index contributed by atoms with van der Waals surface area (Å²) >= 11 is 0. The molecule has 1 aromatic heterocycles. The van der Waals surface area contributed by atoms with E-state index in [4.69, 9.17) is 4.74 Å². The van der Waals surface area contributed by atoms with Crippen LogP contribution < -0.4 is 10.0 Å². The molecule has 21 heavy (non-hydrogen) atoms. The van der Waals surface area contributed by atoms with Crippen LogP contribution in [0.2, 0.25) is 0 Å². The lowest BCUT2D eigenvalue weighted by molar-refractivity contribution is 0.107. The van der Waals surface area contributed by atoms with Gasteiger partial charge in [-0.15, -0.1) is 0 Å². The number of aromatic nitrogens is 2. The third kappa shape index (κ3) is 4.36. The monoisotopic (exact) mass is 314 g/mol. The van der Waals surface area contributed by atoms with E-state index in [1.54, 1.807) is 0 Å². The third-order valence-corrected chi connectivity index (χ3v) is 4.92. The van der Waals surface area contributed by atoms with Crippen molar-refractivity contribution in [1.29, 1.82) is 0 Å². The fourth-order valence-corrected chi connectivity index (χ4v) is 3.11. The van der Waals surface area contributed by atoms with Crippen molar-refractivity contribution in [3.05, 3.63) is 12.4 Å². The van der Waals surface area contributed by atoms with E-state index < -0.39 is 10.0 Å². The van der Waals surface area contributed by atoms with Gasteiger partial charge in [-0.25, -0.2) is 23.1 Å². The summed E-state index contributed by atoms with van der Waals surface area (Å²) in [7, 11) is -3.57. The van der Waals surface area contributed by atoms with Gasteiger partial charge in [-0.2, -0.15) is 0 Å². The first-order chi connectivity index (χ1) is 10.0. The van der Waals surface area contributed by atoms with Crippen molar-refractivity contribution in [1.82, 2.24) is 14.7 Å². The number of rotatable bonds is 7. The number of nitrogens with one attached hydrogen (secondary N) is 2. The number of hydrogen-bond acceptors (Lipinski definition) is 6. The highest BCUT2D eigenvalue weighted by atomic mass is 32.2. The van der Waals surface area contributed by atoms with Gasteiger partial charge in [0, 0.05) is 25.6 Å². The summed E-state index contributed by atoms with van der Waals surface area (Å²) in [5, 5.41) is 3.00. The average molecular weight is 314 g/mol. The molecule has 2 atom stereocenters. The second kappa shape index (κ2) is 7.15. The van der Waals surface area contributed by atoms with Crippen LogP contribution >= 0.6 is 0 Å². The molecule has 0 aromatic carbocycles. The van der Waals surface area contributed by atoms with E-state index in [-0.39, 0.29) is 16.9 Å². The highest BCUT2D eigenvalue weighted by Crippen LogP contribution is 2.20. The maximum Gasteiger partial charge on any atom is 0.243 e. The molecule has 0 saturated carbocycles. The Bertz CT molecular complexity index is 547. The molecule has 0 spiro atoms. The fraction of sp³-hybridized carbons (Fsp3) is 0.692. The predicted molar refractivity (Wildman–Crippen MR) is 79.5 cm³/mol. The highest BCUT2D eigenvalue weighted by Gasteiger charge is 2.26. The molecule has 118 valence electrons. The molecule has 0 radical (unpaired) electrons. The summed E-state index contributed by atoms with van der Waals surface area (Å²) in [4.78, 5) is 8.10. The van der Waals surface area contributed by atoms with Crippen LogP contribution in [-0.2, 0) is 14.8 Å². The first-order valence-electron chi connectivity index (χ1n) is 7.20. The Hall–Kier alpha value is -1.25. The second-order valence-corrected chi connectivity index (χ2v) is 6.91. The molecule has 2 rings (SSSR count). The molecular weight excluding hydrogens is 292 g/mol. The van der Waals surface area contributed by atoms with E-state index >= 15 is 0 Å². The van der Waals surface area contributed by atoms with Crippen molar-refractivity contribution in [3.63, 3.8) is 0 Å². The lowest BCUT2D eigenvalue weighted by atomic mass is 10.0. The van der Waals surface area contributed by atoms with E-state index in [0.717, 1.165) is 19.4 Å². The quantitative estimate of drug-likeness (QED) is 0.780. The van der Waals surface area contributed by atoms with Crippen LogP contribution in [0.1, 0.15) is 26.7 Å². The van der Waals surface area contributed by atoms with Gasteiger partial charge in [-0.1, -0.05) is 6.92 Å². The number of sulfonamides is 1. The summed E-state index contributed by atoms with van der Waals surface area (Å²) < 4.78 is 32.4. The van der Waals surface area contributed by atoms with Crippen molar-refractivity contribution in [3.8, 4) is 0 Å². The molecule has 0 amide bonds. The van der Waals surface area contributed by atoms with Gasteiger partial charge in [0.1, 0.15) is 4.90 Å². The van der Waals surface area contributed by atoms with Gasteiger partial charge in [0.2, 0.25) is 16.0 Å². The van der Waals surface area contributed by atoms with Gasteiger partial charge >= 0.3 is 0 Å². The van der Waals surface area contributed by atoms with Crippen LogP contribution in [0.3, 0.4) is 0 Å². The number of nitrogens with zero attached hydrogens (tertiary/aromatic N) is 2. The molecule has 1 aromatic rings. The molecule has 2 unspecified atom stereocenters. The normalized spacial score (nSPS) is 22.4. The van der Waals surface area contributed by atoms with Crippen LogP contribution in [0, 0.1) is 5.92 Å². The Balaban J connectivity index is 1.95. The van der Waals surface area contributed by atoms with Gasteiger partial charge in [-0.3, -0.25) is 0 Å². The second-order valence-electron chi connectivity index (χ2n) is 5.15. The lowest BCUT2D eigenvalue weighted by Crippen LogP contribution is -2.32. The highest BCUT2D eigenvalue weighted by molar-refractivity contribution is 7.89. The fourth-order valence-electron chi connectivity index (χ4n) is 2.13. The summed E-state index contributed by atoms with van der Waals surface area (Å²) in [6.07, 6.45) is 4.56. The Morgan fingerprint density at radius 3 is 2.67 bits per heavy atom. The summed E-state index contributed by atoms with van der Waals surface area (Å²) in [5.41, 5.74) is 0. The molecular formula is C13H22N4O3S. The average Bonchev–Trinajstić information content (AvgIpc) is 2.89. The Kier molecular flexibility index (Phi) is 5.49. The third-order valence-electron chi connectivity index (χ3n) is 3.54. The summed E-state index contributed by atoms with van der Waals surface area (Å²) in [5.74, 6) is 0.653. The van der Waals surface area contributed by atoms with E-state index in [1.165, 1.54) is 12.4 Å². The van der Waals surface area contributed by atoms with Crippen LogP contribution in [0.4, 0.5) is 5.95 Å². The predicted octanol–water partition coefficient (Wildman–Crippen LogP) is 1.00. The lowest BCUT2D eigenvalue weighted by Gasteiger charge is -2.14. The molecule has 8 heteroatoms. The van der Waals surface area contributed by atoms with Crippen molar-refractivity contribution in [2.75, 3.05) is 25.0 Å². The van der Waals surface area contributed by atoms with Gasteiger partial charge in [0.15, 0.2) is 0 Å². The van der Waals surface area contributed by atoms with Crippen molar-refractivity contribution >= 4 is 16.0 Å². The van der Waals surface area contributed by atoms with Gasteiger partial charge in [0.25, 0.3) is 0 Å². The topological polar surface area (TPSA) is 93.2 Å². The van der Waals surface area contributed by atoms with Gasteiger partial charge < -0.3 is 10.1 Å². The molecule has 1 aliphatic rings. The molecule has 7 nitrogen and oxygen atoms in total. The SMILES string of the molecule is CCCNc1ncc(S(=O)(=O)NCC2CCOC2C)cn1. The minimum absolute atomic E-state index is 0.0797. The van der Waals surface area contributed by atoms with Crippen LogP contribution in [-0.4, -0.2) is 44.2 Å². The maximum atomic E-state index is 12.2. The zero-order valence-electron chi connectivity index (χ0n) is 12.4. The molecule has 0 bridgehead atoms. The van der Waals surface area contributed by atoms with Gasteiger partial charge in [-0.05, 0) is 19.8 Å². The molecule has 1 aliphatic heterocycles. The smallest absolute Gasteiger partial charge is 0.243 e. The first-order valence-corrected chi connectivity index (χ1v) is 8.68. The molecule has 2 N–H and O–H groups in total. The van der Waals surface area contributed by atoms with E-state index in [0.29, 0.717) is 19.1 Å². The van der Waals surface area contributed by atoms with Crippen molar-refractivity contribution in [2.24, 2.45) is 5.92 Å². The largest absolute Gasteiger partial charge is 0.378 e. The Morgan fingerprint density at radius 1 is 1.38 bits per heavy atom. The van der Waals surface area contributed by atoms with Crippen LogP contribution in [0.5, 0.6) is 0 Å². The van der Waals surface area contributed by atoms with Crippen LogP contribution in [0.25, 0.3) is 0 Å². The zero-order chi connectivity index (χ0) is 15.3. The number of anilines is 1. The van der Waals surface area contributed by atoms with Crippen LogP contribution in [0.15, 0.2) is 17.3 Å². The van der Waals surface area contributed by atoms with Gasteiger partial charge in [0.05, 0.1) is 18.5 Å².